The molecule has 0 amide bonds. The molecule has 4 heteroatoms. The lowest BCUT2D eigenvalue weighted by atomic mass is 9.63. The van der Waals surface area contributed by atoms with Gasteiger partial charge in [-0.25, -0.2) is 4.98 Å². The van der Waals surface area contributed by atoms with Crippen LogP contribution in [0.2, 0.25) is 0 Å². The van der Waals surface area contributed by atoms with Crippen molar-refractivity contribution in [2.75, 3.05) is 0 Å². The number of nitrogens with zero attached hydrogens (tertiary/aromatic N) is 4. The van der Waals surface area contributed by atoms with Gasteiger partial charge in [0.25, 0.3) is 0 Å². The van der Waals surface area contributed by atoms with E-state index in [9.17, 15) is 0 Å². The summed E-state index contributed by atoms with van der Waals surface area (Å²) < 4.78 is 2.53. The molecule has 0 N–H and O–H groups in total. The molecule has 0 saturated carbocycles. The SMILES string of the molecule is c1ccc(-c2nnc(-c3ccccc3)c(-c3ccc(-c4cccc(-c5ccc6c7ccccc7n7c6c5C5(c6ccccc6-c6ccccc65)c5ccccc5-7)c4)cc3)n2)cc1. The van der Waals surface area contributed by atoms with Crippen molar-refractivity contribution >= 4 is 21.8 Å². The summed E-state index contributed by atoms with van der Waals surface area (Å²) in [6.07, 6.45) is 0. The van der Waals surface area contributed by atoms with E-state index in [-0.39, 0.29) is 0 Å². The summed E-state index contributed by atoms with van der Waals surface area (Å²) >= 11 is 0. The van der Waals surface area contributed by atoms with Crippen molar-refractivity contribution in [3.8, 4) is 73.0 Å². The van der Waals surface area contributed by atoms with Crippen LogP contribution in [0.15, 0.2) is 218 Å². The van der Waals surface area contributed by atoms with Gasteiger partial charge in [0, 0.05) is 33.0 Å². The second-order valence-corrected chi connectivity index (χ2v) is 16.3. The van der Waals surface area contributed by atoms with E-state index in [2.05, 4.69) is 180 Å². The molecular weight excluding hydrogens is 753 g/mol. The Hall–Kier alpha value is -8.21. The zero-order chi connectivity index (χ0) is 40.8. The van der Waals surface area contributed by atoms with Gasteiger partial charge in [0.1, 0.15) is 11.4 Å². The van der Waals surface area contributed by atoms with Crippen LogP contribution in [0.3, 0.4) is 0 Å². The highest BCUT2D eigenvalue weighted by Gasteiger charge is 2.51. The minimum absolute atomic E-state index is 0.540. The summed E-state index contributed by atoms with van der Waals surface area (Å²) in [5, 5.41) is 11.9. The molecule has 1 aliphatic heterocycles. The lowest BCUT2D eigenvalue weighted by molar-refractivity contribution is 0.750. The molecule has 0 saturated heterocycles. The maximum Gasteiger partial charge on any atom is 0.182 e. The van der Waals surface area contributed by atoms with E-state index in [0.717, 1.165) is 39.2 Å². The van der Waals surface area contributed by atoms with Crippen LogP contribution in [0.5, 0.6) is 0 Å². The Bertz CT molecular complexity index is 3520. The summed E-state index contributed by atoms with van der Waals surface area (Å²) in [5.74, 6) is 0.602. The molecule has 2 aliphatic rings. The van der Waals surface area contributed by atoms with E-state index >= 15 is 0 Å². The largest absolute Gasteiger partial charge is 0.309 e. The Balaban J connectivity index is 1.01. The van der Waals surface area contributed by atoms with E-state index in [1.165, 1.54) is 72.0 Å². The first-order chi connectivity index (χ1) is 30.8. The quantitative estimate of drug-likeness (QED) is 0.174. The molecular formula is C58H36N4. The zero-order valence-corrected chi connectivity index (χ0v) is 33.6. The number of fused-ring (bicyclic) bond motifs is 12. The number of rotatable bonds is 5. The topological polar surface area (TPSA) is 43.6 Å². The second-order valence-electron chi connectivity index (χ2n) is 16.3. The van der Waals surface area contributed by atoms with E-state index in [1.807, 2.05) is 48.5 Å². The predicted molar refractivity (Wildman–Crippen MR) is 252 cm³/mol. The van der Waals surface area contributed by atoms with Crippen LogP contribution >= 0.6 is 0 Å². The predicted octanol–water partition coefficient (Wildman–Crippen LogP) is 14.0. The molecule has 4 nitrogen and oxygen atoms in total. The first-order valence-electron chi connectivity index (χ1n) is 21.2. The van der Waals surface area contributed by atoms with Crippen LogP contribution in [-0.4, -0.2) is 19.7 Å². The van der Waals surface area contributed by atoms with Crippen molar-refractivity contribution in [1.82, 2.24) is 19.7 Å². The Labute approximate surface area is 359 Å². The van der Waals surface area contributed by atoms with Gasteiger partial charge in [-0.1, -0.05) is 200 Å². The van der Waals surface area contributed by atoms with Gasteiger partial charge in [0.2, 0.25) is 0 Å². The molecule has 62 heavy (non-hydrogen) atoms. The monoisotopic (exact) mass is 788 g/mol. The molecule has 2 aromatic heterocycles. The van der Waals surface area contributed by atoms with Crippen molar-refractivity contribution in [1.29, 1.82) is 0 Å². The first kappa shape index (κ1) is 34.6. The summed E-state index contributed by atoms with van der Waals surface area (Å²) in [6, 6.07) is 78.9. The molecule has 11 aromatic rings. The van der Waals surface area contributed by atoms with Crippen LogP contribution in [-0.2, 0) is 5.41 Å². The van der Waals surface area contributed by atoms with E-state index in [1.54, 1.807) is 0 Å². The molecule has 0 bridgehead atoms. The number of hydrogen-bond acceptors (Lipinski definition) is 3. The maximum atomic E-state index is 5.13. The highest BCUT2D eigenvalue weighted by molar-refractivity contribution is 6.14. The lowest BCUT2D eigenvalue weighted by Crippen LogP contribution is -2.34. The standard InChI is InChI=1S/C58H36N4/c1-3-16-38(17-4-1)55-54(59-57(61-60-55)40-18-5-2-6-19-40)39-32-30-37(31-33-39)41-20-15-21-42(36-41)43-34-35-47-46-24-9-13-28-51(46)62-52-29-14-12-27-50(52)58(53(43)56(47)62)48-25-10-7-22-44(48)45-23-8-11-26-49(45)58/h1-36H. The highest BCUT2D eigenvalue weighted by Crippen LogP contribution is 2.62. The molecule has 0 atom stereocenters. The number of hydrogen-bond donors (Lipinski definition) is 0. The fraction of sp³-hybridized carbons (Fsp3) is 0.0172. The third-order valence-corrected chi connectivity index (χ3v) is 13.1. The lowest BCUT2D eigenvalue weighted by Gasteiger charge is -2.41. The zero-order valence-electron chi connectivity index (χ0n) is 33.6. The molecule has 1 spiro atoms. The van der Waals surface area contributed by atoms with Crippen molar-refractivity contribution < 1.29 is 0 Å². The van der Waals surface area contributed by atoms with Crippen LogP contribution in [0.1, 0.15) is 22.3 Å². The summed E-state index contributed by atoms with van der Waals surface area (Å²) in [7, 11) is 0. The van der Waals surface area contributed by atoms with E-state index in [4.69, 9.17) is 10.1 Å². The third kappa shape index (κ3) is 4.86. The van der Waals surface area contributed by atoms with Gasteiger partial charge in [0.15, 0.2) is 5.82 Å². The second kappa shape index (κ2) is 13.4. The minimum Gasteiger partial charge on any atom is -0.309 e. The van der Waals surface area contributed by atoms with Gasteiger partial charge in [-0.05, 0) is 68.3 Å². The molecule has 1 aliphatic carbocycles. The van der Waals surface area contributed by atoms with Crippen LogP contribution < -0.4 is 0 Å². The van der Waals surface area contributed by atoms with Gasteiger partial charge in [-0.2, -0.15) is 0 Å². The van der Waals surface area contributed by atoms with Gasteiger partial charge in [-0.3, -0.25) is 0 Å². The average Bonchev–Trinajstić information content (AvgIpc) is 3.85. The molecule has 288 valence electrons. The summed E-state index contributed by atoms with van der Waals surface area (Å²) in [6.45, 7) is 0. The van der Waals surface area contributed by atoms with Crippen molar-refractivity contribution in [2.45, 2.75) is 5.41 Å². The molecule has 0 fully saturated rings. The first-order valence-corrected chi connectivity index (χ1v) is 21.2. The Morgan fingerprint density at radius 2 is 0.935 bits per heavy atom. The molecule has 0 unspecified atom stereocenters. The van der Waals surface area contributed by atoms with Crippen LogP contribution in [0.4, 0.5) is 0 Å². The Kier molecular flexibility index (Phi) is 7.49. The molecule has 13 rings (SSSR count). The van der Waals surface area contributed by atoms with Gasteiger partial charge < -0.3 is 4.57 Å². The van der Waals surface area contributed by atoms with E-state index < -0.39 is 5.41 Å². The molecule has 0 radical (unpaired) electrons. The summed E-state index contributed by atoms with van der Waals surface area (Å²) in [4.78, 5) is 5.13. The van der Waals surface area contributed by atoms with Gasteiger partial charge in [-0.15, -0.1) is 10.2 Å². The Morgan fingerprint density at radius 3 is 1.69 bits per heavy atom. The van der Waals surface area contributed by atoms with Crippen molar-refractivity contribution in [2.24, 2.45) is 0 Å². The van der Waals surface area contributed by atoms with E-state index in [0.29, 0.717) is 5.82 Å². The number of para-hydroxylation sites is 2. The van der Waals surface area contributed by atoms with Crippen molar-refractivity contribution in [3.05, 3.63) is 241 Å². The maximum absolute atomic E-state index is 5.13. The Morgan fingerprint density at radius 1 is 0.355 bits per heavy atom. The smallest absolute Gasteiger partial charge is 0.182 e. The average molecular weight is 789 g/mol. The third-order valence-electron chi connectivity index (χ3n) is 13.1. The van der Waals surface area contributed by atoms with Crippen LogP contribution in [0, 0.1) is 0 Å². The van der Waals surface area contributed by atoms with Crippen LogP contribution in [0.25, 0.3) is 94.8 Å². The number of benzene rings is 9. The fourth-order valence-electron chi connectivity index (χ4n) is 10.6. The minimum atomic E-state index is -0.540. The fourth-order valence-corrected chi connectivity index (χ4v) is 10.6. The van der Waals surface area contributed by atoms with Gasteiger partial charge >= 0.3 is 0 Å². The molecule has 9 aromatic carbocycles. The van der Waals surface area contributed by atoms with Gasteiger partial charge in [0.05, 0.1) is 22.1 Å². The summed E-state index contributed by atoms with van der Waals surface area (Å²) in [5.41, 5.74) is 20.2. The van der Waals surface area contributed by atoms with Crippen molar-refractivity contribution in [3.63, 3.8) is 0 Å². The normalized spacial score (nSPS) is 13.0. The molecule has 3 heterocycles. The highest BCUT2D eigenvalue weighted by atomic mass is 15.2. The number of aromatic nitrogens is 4.